The van der Waals surface area contributed by atoms with Gasteiger partial charge in [0.15, 0.2) is 0 Å². The molecule has 48 heavy (non-hydrogen) atoms. The van der Waals surface area contributed by atoms with Gasteiger partial charge in [0, 0.05) is 31.6 Å². The summed E-state index contributed by atoms with van der Waals surface area (Å²) in [7, 11) is 0. The average Bonchev–Trinajstić information content (AvgIpc) is 3.65. The molecule has 0 aromatic rings. The highest BCUT2D eigenvalue weighted by Crippen LogP contribution is 2.87. The molecule has 0 aromatic heterocycles. The number of ether oxygens (including phenoxy) is 4. The number of nitrogens with zero attached hydrogens (tertiary/aromatic N) is 2. The lowest BCUT2D eigenvalue weighted by atomic mass is 9.43. The second kappa shape index (κ2) is 11.2. The molecule has 10 heteroatoms. The third-order valence-electron chi connectivity index (χ3n) is 16.1. The average molecular weight is 672 g/mol. The Morgan fingerprint density at radius 1 is 0.917 bits per heavy atom. The molecule has 0 radical (unpaired) electrons. The van der Waals surface area contributed by atoms with Crippen molar-refractivity contribution in [2.24, 2.45) is 57.0 Å². The van der Waals surface area contributed by atoms with Crippen LogP contribution < -0.4 is 5.73 Å². The minimum absolute atomic E-state index is 0.101. The molecule has 0 bridgehead atoms. The Hall–Kier alpha value is -1.62. The summed E-state index contributed by atoms with van der Waals surface area (Å²) in [4.78, 5) is 29.7. The van der Waals surface area contributed by atoms with Gasteiger partial charge in [0.2, 0.25) is 0 Å². The third kappa shape index (κ3) is 4.36. The van der Waals surface area contributed by atoms with E-state index in [0.717, 1.165) is 64.5 Å². The minimum Gasteiger partial charge on any atom is -0.446 e. The van der Waals surface area contributed by atoms with E-state index in [1.165, 1.54) is 6.42 Å². The predicted molar refractivity (Wildman–Crippen MR) is 179 cm³/mol. The van der Waals surface area contributed by atoms with Gasteiger partial charge in [0.25, 0.3) is 0 Å². The van der Waals surface area contributed by atoms with Crippen LogP contribution >= 0.6 is 0 Å². The second-order valence-electron chi connectivity index (χ2n) is 18.6. The van der Waals surface area contributed by atoms with Gasteiger partial charge in [-0.2, -0.15) is 0 Å². The largest absolute Gasteiger partial charge is 0.446 e. The molecule has 5 saturated carbocycles. The smallest absolute Gasteiger partial charge is 0.410 e. The Kier molecular flexibility index (Phi) is 7.81. The topological polar surface area (TPSA) is 124 Å². The monoisotopic (exact) mass is 671 g/mol. The lowest BCUT2D eigenvalue weighted by Crippen LogP contribution is -2.70. The molecular formula is C38H61N3O7. The third-order valence-corrected chi connectivity index (χ3v) is 16.1. The first-order valence-electron chi connectivity index (χ1n) is 19.3. The fourth-order valence-corrected chi connectivity index (χ4v) is 13.6. The molecule has 0 aromatic carbocycles. The van der Waals surface area contributed by atoms with Crippen LogP contribution in [0.1, 0.15) is 99.3 Å². The number of morpholine rings is 1. The van der Waals surface area contributed by atoms with E-state index < -0.39 is 11.6 Å². The van der Waals surface area contributed by atoms with E-state index in [4.69, 9.17) is 24.7 Å². The van der Waals surface area contributed by atoms with Crippen molar-refractivity contribution in [1.82, 2.24) is 9.80 Å². The van der Waals surface area contributed by atoms with Gasteiger partial charge in [0.05, 0.1) is 37.1 Å². The van der Waals surface area contributed by atoms with Crippen LogP contribution in [0.4, 0.5) is 9.59 Å². The van der Waals surface area contributed by atoms with Gasteiger partial charge in [-0.05, 0) is 104 Å². The van der Waals surface area contributed by atoms with E-state index in [-0.39, 0.29) is 81.9 Å². The summed E-state index contributed by atoms with van der Waals surface area (Å²) in [5, 5.41) is 12.5. The Morgan fingerprint density at radius 3 is 2.25 bits per heavy atom. The zero-order chi connectivity index (χ0) is 34.0. The highest BCUT2D eigenvalue weighted by molar-refractivity contribution is 5.69. The first-order chi connectivity index (χ1) is 22.7. The summed E-state index contributed by atoms with van der Waals surface area (Å²) >= 11 is 0. The van der Waals surface area contributed by atoms with E-state index in [1.807, 2.05) is 0 Å². The van der Waals surface area contributed by atoms with Crippen LogP contribution in [0, 0.1) is 51.2 Å². The maximum absolute atomic E-state index is 13.2. The standard InChI is InChI=1S/C38H61N3O7/c1-22(2)29(48-33(44)40-14-7-15-40)24-20-23(3)28-30(46-24)31(42)38(39)26-9-8-25-34(4,5)27(47-32(43)41-16-18-45-19-17-41)10-11-36(25)21-37(26,36)13-12-35(28,38)6/h22-31,42H,7-21,39H2,1-6H3/t23-,24?,25+,26?,27+,28+,29-,30?,31+,35-,36?,37?,38+/m1/s1. The van der Waals surface area contributed by atoms with Gasteiger partial charge in [-0.15, -0.1) is 0 Å². The zero-order valence-corrected chi connectivity index (χ0v) is 30.2. The fraction of sp³-hybridized carbons (Fsp3) is 0.947. The molecule has 13 atom stereocenters. The number of amides is 2. The van der Waals surface area contributed by atoms with Crippen molar-refractivity contribution < 1.29 is 33.6 Å². The van der Waals surface area contributed by atoms with Crippen molar-refractivity contribution in [2.75, 3.05) is 39.4 Å². The number of rotatable bonds is 4. The van der Waals surface area contributed by atoms with Gasteiger partial charge in [-0.3, -0.25) is 0 Å². The predicted octanol–water partition coefficient (Wildman–Crippen LogP) is 5.20. The van der Waals surface area contributed by atoms with E-state index in [9.17, 15) is 14.7 Å². The van der Waals surface area contributed by atoms with Gasteiger partial charge < -0.3 is 39.6 Å². The van der Waals surface area contributed by atoms with Crippen LogP contribution in [0.5, 0.6) is 0 Å². The molecule has 8 aliphatic rings. The fourth-order valence-electron chi connectivity index (χ4n) is 13.6. The van der Waals surface area contributed by atoms with Crippen molar-refractivity contribution in [3.8, 4) is 0 Å². The number of hydrogen-bond donors (Lipinski definition) is 2. The first kappa shape index (κ1) is 33.5. The number of carbonyl (C=O) groups excluding carboxylic acids is 2. The van der Waals surface area contributed by atoms with Crippen LogP contribution in [0.15, 0.2) is 0 Å². The molecule has 3 heterocycles. The molecule has 5 aliphatic carbocycles. The van der Waals surface area contributed by atoms with Crippen LogP contribution in [-0.4, -0.2) is 103 Å². The molecule has 3 N–H and O–H groups in total. The summed E-state index contributed by atoms with van der Waals surface area (Å²) in [5.74, 6) is 1.23. The highest BCUT2D eigenvalue weighted by atomic mass is 16.6. The Morgan fingerprint density at radius 2 is 1.58 bits per heavy atom. The number of aliphatic hydroxyl groups excluding tert-OH is 1. The Balaban J connectivity index is 1.03. The number of fused-ring (bicyclic) bond motifs is 4. The van der Waals surface area contributed by atoms with Crippen molar-refractivity contribution in [2.45, 2.75) is 135 Å². The number of likely N-dealkylation sites (tertiary alicyclic amines) is 1. The number of nitrogens with two attached hydrogens (primary N) is 1. The van der Waals surface area contributed by atoms with Crippen LogP contribution in [0.25, 0.3) is 0 Å². The lowest BCUT2D eigenvalue weighted by Gasteiger charge is -2.63. The molecule has 8 fully saturated rings. The summed E-state index contributed by atoms with van der Waals surface area (Å²) in [6, 6.07) is 0. The van der Waals surface area contributed by atoms with Gasteiger partial charge in [-0.25, -0.2) is 9.59 Å². The van der Waals surface area contributed by atoms with E-state index >= 15 is 0 Å². The quantitative estimate of drug-likeness (QED) is 0.419. The molecular weight excluding hydrogens is 610 g/mol. The van der Waals surface area contributed by atoms with Crippen molar-refractivity contribution >= 4 is 12.2 Å². The van der Waals surface area contributed by atoms with Crippen molar-refractivity contribution in [3.63, 3.8) is 0 Å². The molecule has 3 aliphatic heterocycles. The summed E-state index contributed by atoms with van der Waals surface area (Å²) in [5.41, 5.74) is 6.99. The number of aliphatic hydroxyl groups is 1. The molecule has 8 rings (SSSR count). The van der Waals surface area contributed by atoms with E-state index in [0.29, 0.717) is 32.2 Å². The van der Waals surface area contributed by atoms with Gasteiger partial charge in [0.1, 0.15) is 12.2 Å². The molecule has 2 spiro atoms. The maximum atomic E-state index is 13.2. The van der Waals surface area contributed by atoms with Crippen molar-refractivity contribution in [3.05, 3.63) is 0 Å². The van der Waals surface area contributed by atoms with Gasteiger partial charge >= 0.3 is 12.2 Å². The van der Waals surface area contributed by atoms with Crippen molar-refractivity contribution in [1.29, 1.82) is 0 Å². The molecule has 3 saturated heterocycles. The zero-order valence-electron chi connectivity index (χ0n) is 30.2. The first-order valence-corrected chi connectivity index (χ1v) is 19.3. The van der Waals surface area contributed by atoms with E-state index in [2.05, 4.69) is 41.5 Å². The molecule has 2 amide bonds. The Bertz CT molecular complexity index is 1300. The molecule has 5 unspecified atom stereocenters. The molecule has 10 nitrogen and oxygen atoms in total. The summed E-state index contributed by atoms with van der Waals surface area (Å²) < 4.78 is 24.8. The number of carbonyl (C=O) groups is 2. The van der Waals surface area contributed by atoms with Crippen LogP contribution in [0.2, 0.25) is 0 Å². The van der Waals surface area contributed by atoms with E-state index in [1.54, 1.807) is 9.80 Å². The highest BCUT2D eigenvalue weighted by Gasteiger charge is 2.85. The Labute approximate surface area is 287 Å². The summed E-state index contributed by atoms with van der Waals surface area (Å²) in [6.07, 6.45) is 6.81. The summed E-state index contributed by atoms with van der Waals surface area (Å²) in [6.45, 7) is 17.4. The van der Waals surface area contributed by atoms with Crippen LogP contribution in [-0.2, 0) is 18.9 Å². The van der Waals surface area contributed by atoms with Crippen LogP contribution in [0.3, 0.4) is 0 Å². The normalized spacial score (nSPS) is 49.4. The van der Waals surface area contributed by atoms with Gasteiger partial charge in [-0.1, -0.05) is 41.5 Å². The molecule has 270 valence electrons. The maximum Gasteiger partial charge on any atom is 0.410 e. The lowest BCUT2D eigenvalue weighted by molar-refractivity contribution is -0.180. The minimum atomic E-state index is -0.771. The second-order valence-corrected chi connectivity index (χ2v) is 18.6. The number of hydrogen-bond acceptors (Lipinski definition) is 8. The SMILES string of the molecule is CC(C)[C@@H](OC(=O)N1CCC1)C1C[C@@H](C)[C@H]2C(O1)[C@H](O)[C@@]1(N)C3CC[C@H]4C(C)(C)[C@@H](OC(=O)N5CCOCC5)CCC45CC35CC[C@]21C.